The van der Waals surface area contributed by atoms with Crippen molar-refractivity contribution in [3.63, 3.8) is 0 Å². The molecule has 2 bridgehead atoms. The largest absolute Gasteiger partial charge is 0.497 e. The van der Waals surface area contributed by atoms with Gasteiger partial charge in [0.05, 0.1) is 7.11 Å². The maximum Gasteiger partial charge on any atom is 0.119 e. The van der Waals surface area contributed by atoms with Gasteiger partial charge in [-0.05, 0) is 56.5 Å². The number of rotatable bonds is 4. The fourth-order valence-corrected chi connectivity index (χ4v) is 3.50. The van der Waals surface area contributed by atoms with Crippen LogP contribution in [0.5, 0.6) is 5.75 Å². The van der Waals surface area contributed by atoms with Gasteiger partial charge >= 0.3 is 0 Å². The van der Waals surface area contributed by atoms with Crippen molar-refractivity contribution in [3.8, 4) is 5.75 Å². The zero-order chi connectivity index (χ0) is 13.2. The van der Waals surface area contributed by atoms with E-state index in [0.29, 0.717) is 12.1 Å². The van der Waals surface area contributed by atoms with Gasteiger partial charge in [0.1, 0.15) is 5.75 Å². The van der Waals surface area contributed by atoms with E-state index in [9.17, 15) is 0 Å². The van der Waals surface area contributed by atoms with Gasteiger partial charge in [0, 0.05) is 18.6 Å². The predicted molar refractivity (Wildman–Crippen MR) is 77.5 cm³/mol. The normalized spacial score (nSPS) is 31.2. The van der Waals surface area contributed by atoms with Crippen LogP contribution in [0.4, 0.5) is 0 Å². The number of hydrogen-bond acceptors (Lipinski definition) is 3. The molecule has 1 N–H and O–H groups in total. The monoisotopic (exact) mass is 260 g/mol. The number of piperidine rings is 1. The summed E-state index contributed by atoms with van der Waals surface area (Å²) in [5.74, 6) is 1.80. The average Bonchev–Trinajstić information content (AvgIpc) is 2.85. The van der Waals surface area contributed by atoms with Gasteiger partial charge in [-0.2, -0.15) is 0 Å². The summed E-state index contributed by atoms with van der Waals surface area (Å²) >= 11 is 0. The molecular formula is C16H24N2O. The first-order chi connectivity index (χ1) is 9.26. The van der Waals surface area contributed by atoms with E-state index < -0.39 is 0 Å². The van der Waals surface area contributed by atoms with Gasteiger partial charge in [-0.15, -0.1) is 0 Å². The van der Waals surface area contributed by atoms with Gasteiger partial charge in [0.15, 0.2) is 0 Å². The molecule has 3 unspecified atom stereocenters. The van der Waals surface area contributed by atoms with Gasteiger partial charge in [0.2, 0.25) is 0 Å². The van der Waals surface area contributed by atoms with Crippen LogP contribution in [0.1, 0.15) is 31.4 Å². The van der Waals surface area contributed by atoms with Crippen molar-refractivity contribution in [2.75, 3.05) is 26.7 Å². The quantitative estimate of drug-likeness (QED) is 0.900. The number of benzene rings is 1. The lowest BCUT2D eigenvalue weighted by Gasteiger charge is -2.33. The first-order valence-corrected chi connectivity index (χ1v) is 7.38. The van der Waals surface area contributed by atoms with Crippen molar-refractivity contribution in [2.45, 2.75) is 31.8 Å². The topological polar surface area (TPSA) is 24.5 Å². The molecule has 2 aliphatic rings. The van der Waals surface area contributed by atoms with E-state index in [1.54, 1.807) is 7.11 Å². The second kappa shape index (κ2) is 5.51. The van der Waals surface area contributed by atoms with E-state index in [2.05, 4.69) is 35.3 Å². The fourth-order valence-electron chi connectivity index (χ4n) is 3.50. The highest BCUT2D eigenvalue weighted by atomic mass is 16.5. The molecule has 0 aromatic heterocycles. The van der Waals surface area contributed by atoms with Crippen molar-refractivity contribution in [3.05, 3.63) is 29.8 Å². The fraction of sp³-hybridized carbons (Fsp3) is 0.625. The maximum atomic E-state index is 5.31. The third-order valence-corrected chi connectivity index (χ3v) is 4.69. The van der Waals surface area contributed by atoms with Crippen LogP contribution in [-0.2, 0) is 0 Å². The molecule has 1 aromatic carbocycles. The minimum Gasteiger partial charge on any atom is -0.497 e. The van der Waals surface area contributed by atoms with Crippen LogP contribution in [-0.4, -0.2) is 37.7 Å². The molecule has 2 aliphatic heterocycles. The molecule has 2 heterocycles. The number of methoxy groups -OCH3 is 1. The summed E-state index contributed by atoms with van der Waals surface area (Å²) in [5.41, 5.74) is 1.32. The Kier molecular flexibility index (Phi) is 3.76. The van der Waals surface area contributed by atoms with E-state index in [0.717, 1.165) is 11.7 Å². The molecule has 0 spiro atoms. The summed E-state index contributed by atoms with van der Waals surface area (Å²) in [6, 6.07) is 9.48. The summed E-state index contributed by atoms with van der Waals surface area (Å²) in [5, 5.41) is 3.83. The number of fused-ring (bicyclic) bond motifs is 2. The molecule has 0 amide bonds. The highest BCUT2D eigenvalue weighted by molar-refractivity contribution is 5.30. The SMILES string of the molecule is COc1cccc([C@H](C)NC2CCN3CCC2C3)c1. The van der Waals surface area contributed by atoms with E-state index in [1.807, 2.05) is 6.07 Å². The molecule has 0 saturated carbocycles. The smallest absolute Gasteiger partial charge is 0.119 e. The van der Waals surface area contributed by atoms with Crippen molar-refractivity contribution in [1.82, 2.24) is 10.2 Å². The van der Waals surface area contributed by atoms with Gasteiger partial charge in [-0.3, -0.25) is 0 Å². The Morgan fingerprint density at radius 2 is 2.16 bits per heavy atom. The summed E-state index contributed by atoms with van der Waals surface area (Å²) in [6.45, 7) is 6.12. The Labute approximate surface area is 115 Å². The van der Waals surface area contributed by atoms with E-state index in [-0.39, 0.29) is 0 Å². The molecule has 4 atom stereocenters. The second-order valence-corrected chi connectivity index (χ2v) is 5.91. The lowest BCUT2D eigenvalue weighted by molar-refractivity contribution is 0.212. The van der Waals surface area contributed by atoms with Crippen molar-refractivity contribution < 1.29 is 4.74 Å². The lowest BCUT2D eigenvalue weighted by Crippen LogP contribution is -2.44. The molecule has 1 aromatic rings. The minimum atomic E-state index is 0.396. The third kappa shape index (κ3) is 2.77. The molecule has 0 radical (unpaired) electrons. The standard InChI is InChI=1S/C16H24N2O/c1-12(13-4-3-5-15(10-13)19-2)17-16-7-9-18-8-6-14(16)11-18/h3-5,10,12,14,16-17H,6-9,11H2,1-2H3/t12-,14?,16?/m0/s1. The second-order valence-electron chi connectivity index (χ2n) is 5.91. The lowest BCUT2D eigenvalue weighted by atomic mass is 9.93. The van der Waals surface area contributed by atoms with Crippen molar-refractivity contribution in [1.29, 1.82) is 0 Å². The van der Waals surface area contributed by atoms with Crippen LogP contribution in [0.3, 0.4) is 0 Å². The summed E-state index contributed by atoms with van der Waals surface area (Å²) in [4.78, 5) is 2.60. The predicted octanol–water partition coefficient (Wildman–Crippen LogP) is 2.44. The number of ether oxygens (including phenoxy) is 1. The molecule has 3 rings (SSSR count). The Morgan fingerprint density at radius 3 is 3.00 bits per heavy atom. The zero-order valence-electron chi connectivity index (χ0n) is 11.9. The molecule has 2 fully saturated rings. The van der Waals surface area contributed by atoms with Crippen LogP contribution in [0.25, 0.3) is 0 Å². The Hall–Kier alpha value is -1.06. The van der Waals surface area contributed by atoms with Gasteiger partial charge in [-0.25, -0.2) is 0 Å². The number of hydrogen-bond donors (Lipinski definition) is 1. The van der Waals surface area contributed by atoms with Gasteiger partial charge in [0.25, 0.3) is 0 Å². The maximum absolute atomic E-state index is 5.31. The molecule has 0 aliphatic carbocycles. The average molecular weight is 260 g/mol. The molecule has 3 heteroatoms. The Bertz CT molecular complexity index is 435. The van der Waals surface area contributed by atoms with Crippen LogP contribution in [0.2, 0.25) is 0 Å². The third-order valence-electron chi connectivity index (χ3n) is 4.69. The van der Waals surface area contributed by atoms with Gasteiger partial charge in [-0.1, -0.05) is 12.1 Å². The van der Waals surface area contributed by atoms with Crippen molar-refractivity contribution in [2.24, 2.45) is 5.92 Å². The Balaban J connectivity index is 1.65. The highest BCUT2D eigenvalue weighted by Crippen LogP contribution is 2.29. The van der Waals surface area contributed by atoms with Crippen LogP contribution in [0.15, 0.2) is 24.3 Å². The highest BCUT2D eigenvalue weighted by Gasteiger charge is 2.34. The summed E-state index contributed by atoms with van der Waals surface area (Å²) < 4.78 is 5.31. The first kappa shape index (κ1) is 12.9. The van der Waals surface area contributed by atoms with Gasteiger partial charge < -0.3 is 15.0 Å². The summed E-state index contributed by atoms with van der Waals surface area (Å²) in [7, 11) is 1.73. The molecule has 2 saturated heterocycles. The van der Waals surface area contributed by atoms with Crippen molar-refractivity contribution >= 4 is 0 Å². The molecule has 104 valence electrons. The minimum absolute atomic E-state index is 0.396. The molecule has 3 nitrogen and oxygen atoms in total. The molecular weight excluding hydrogens is 236 g/mol. The van der Waals surface area contributed by atoms with E-state index in [4.69, 9.17) is 4.74 Å². The zero-order valence-corrected chi connectivity index (χ0v) is 11.9. The van der Waals surface area contributed by atoms with Crippen LogP contribution in [0, 0.1) is 5.92 Å². The van der Waals surface area contributed by atoms with E-state index >= 15 is 0 Å². The van der Waals surface area contributed by atoms with Crippen LogP contribution >= 0.6 is 0 Å². The number of nitrogens with zero attached hydrogens (tertiary/aromatic N) is 1. The number of nitrogens with one attached hydrogen (secondary N) is 1. The molecule has 19 heavy (non-hydrogen) atoms. The summed E-state index contributed by atoms with van der Waals surface area (Å²) in [6.07, 6.45) is 2.65. The first-order valence-electron chi connectivity index (χ1n) is 7.38. The Morgan fingerprint density at radius 1 is 1.32 bits per heavy atom. The van der Waals surface area contributed by atoms with E-state index in [1.165, 1.54) is 38.0 Å². The van der Waals surface area contributed by atoms with Crippen LogP contribution < -0.4 is 10.1 Å².